The molecule has 0 heterocycles. The molecular weight excluding hydrogens is 315 g/mol. The van der Waals surface area contributed by atoms with E-state index in [2.05, 4.69) is 0 Å². The molecule has 0 N–H and O–H groups in total. The van der Waals surface area contributed by atoms with Crippen molar-refractivity contribution in [3.63, 3.8) is 0 Å². The first kappa shape index (κ1) is 17.3. The van der Waals surface area contributed by atoms with Gasteiger partial charge >= 0.3 is 11.9 Å². The lowest BCUT2D eigenvalue weighted by molar-refractivity contribution is -0.137. The van der Waals surface area contributed by atoms with Crippen LogP contribution in [0.5, 0.6) is 5.75 Å². The van der Waals surface area contributed by atoms with Crippen molar-refractivity contribution in [1.29, 1.82) is 0 Å². The summed E-state index contributed by atoms with van der Waals surface area (Å²) in [5.41, 5.74) is 1.03. The number of ether oxygens (including phenoxy) is 2. The second-order valence-corrected chi connectivity index (χ2v) is 5.08. The zero-order valence-corrected chi connectivity index (χ0v) is 13.1. The van der Waals surface area contributed by atoms with Gasteiger partial charge in [-0.2, -0.15) is 0 Å². The Morgan fingerprint density at radius 1 is 1.14 bits per heavy atom. The van der Waals surface area contributed by atoms with Gasteiger partial charge in [-0.25, -0.2) is 9.59 Å². The van der Waals surface area contributed by atoms with Gasteiger partial charge in [-0.15, -0.1) is 0 Å². The molecule has 6 heteroatoms. The van der Waals surface area contributed by atoms with Gasteiger partial charge < -0.3 is 9.47 Å². The molecule has 21 heavy (non-hydrogen) atoms. The molecule has 0 spiro atoms. The molecule has 1 aromatic rings. The fourth-order valence-electron chi connectivity index (χ4n) is 1.18. The summed E-state index contributed by atoms with van der Waals surface area (Å²) in [4.78, 5) is 22.8. The lowest BCUT2D eigenvalue weighted by Crippen LogP contribution is -2.07. The largest absolute Gasteiger partial charge is 0.458 e. The Morgan fingerprint density at radius 2 is 1.81 bits per heavy atom. The zero-order chi connectivity index (χ0) is 15.8. The lowest BCUT2D eigenvalue weighted by Gasteiger charge is -2.03. The van der Waals surface area contributed by atoms with Crippen molar-refractivity contribution in [3.8, 4) is 5.75 Å². The molecule has 0 amide bonds. The maximum absolute atomic E-state index is 11.5. The fraction of sp³-hybridized carbons (Fsp3) is 0.200. The molecule has 0 aliphatic heterocycles. The van der Waals surface area contributed by atoms with Crippen LogP contribution in [0.4, 0.5) is 0 Å². The van der Waals surface area contributed by atoms with Crippen molar-refractivity contribution < 1.29 is 19.1 Å². The molecule has 0 radical (unpaired) electrons. The summed E-state index contributed by atoms with van der Waals surface area (Å²) in [7, 11) is 0. The van der Waals surface area contributed by atoms with Crippen LogP contribution in [-0.4, -0.2) is 18.5 Å². The minimum atomic E-state index is -0.738. The summed E-state index contributed by atoms with van der Waals surface area (Å²) in [6, 6.07) is 4.44. The average molecular weight is 329 g/mol. The van der Waals surface area contributed by atoms with E-state index in [9.17, 15) is 9.59 Å². The summed E-state index contributed by atoms with van der Waals surface area (Å²) in [6.45, 7) is 3.93. The van der Waals surface area contributed by atoms with Crippen molar-refractivity contribution in [2.24, 2.45) is 0 Å². The maximum atomic E-state index is 11.5. The Bertz CT molecular complexity index is 587. The minimum Gasteiger partial charge on any atom is -0.458 e. The van der Waals surface area contributed by atoms with E-state index in [1.165, 1.54) is 18.2 Å². The molecule has 0 fully saturated rings. The maximum Gasteiger partial charge on any atom is 0.336 e. The molecule has 0 saturated heterocycles. The van der Waals surface area contributed by atoms with Crippen LogP contribution in [-0.2, 0) is 14.3 Å². The molecule has 0 aromatic heterocycles. The second-order valence-electron chi connectivity index (χ2n) is 4.24. The molecule has 4 nitrogen and oxygen atoms in total. The van der Waals surface area contributed by atoms with E-state index in [1.807, 2.05) is 13.8 Å². The zero-order valence-electron chi connectivity index (χ0n) is 11.6. The number of hydrogen-bond donors (Lipinski definition) is 0. The number of halogens is 2. The highest BCUT2D eigenvalue weighted by molar-refractivity contribution is 6.35. The molecular formula is C15H14Cl2O4. The Labute approximate surface area is 132 Å². The first-order valence-corrected chi connectivity index (χ1v) is 6.79. The molecule has 0 unspecified atom stereocenters. The Hall–Kier alpha value is -1.78. The number of carbonyl (C=O) groups excluding carboxylic acids is 2. The van der Waals surface area contributed by atoms with Crippen LogP contribution in [0.25, 0.3) is 0 Å². The monoisotopic (exact) mass is 328 g/mol. The van der Waals surface area contributed by atoms with E-state index in [0.29, 0.717) is 5.02 Å². The van der Waals surface area contributed by atoms with Crippen LogP contribution in [0.15, 0.2) is 42.0 Å². The standard InChI is InChI=1S/C15H14Cl2O4/c1-10(2)7-8-20-14(18)5-6-15(19)21-13-4-3-11(16)9-12(13)17/h3-7,9H,8H2,1-2H3/b6-5+. The smallest absolute Gasteiger partial charge is 0.336 e. The van der Waals surface area contributed by atoms with Crippen LogP contribution in [0, 0.1) is 0 Å². The van der Waals surface area contributed by atoms with E-state index in [1.54, 1.807) is 6.08 Å². The highest BCUT2D eigenvalue weighted by Crippen LogP contribution is 2.27. The van der Waals surface area contributed by atoms with Gasteiger partial charge in [0.2, 0.25) is 0 Å². The van der Waals surface area contributed by atoms with E-state index < -0.39 is 11.9 Å². The predicted molar refractivity (Wildman–Crippen MR) is 81.6 cm³/mol. The minimum absolute atomic E-state index is 0.156. The first-order chi connectivity index (χ1) is 9.88. The Morgan fingerprint density at radius 3 is 2.43 bits per heavy atom. The van der Waals surface area contributed by atoms with Gasteiger partial charge in [0.05, 0.1) is 5.02 Å². The van der Waals surface area contributed by atoms with Gasteiger partial charge in [-0.1, -0.05) is 28.8 Å². The van der Waals surface area contributed by atoms with Crippen LogP contribution in [0.2, 0.25) is 10.0 Å². The molecule has 0 aliphatic rings. The van der Waals surface area contributed by atoms with Crippen molar-refractivity contribution in [1.82, 2.24) is 0 Å². The van der Waals surface area contributed by atoms with Crippen LogP contribution in [0.1, 0.15) is 13.8 Å². The topological polar surface area (TPSA) is 52.6 Å². The van der Waals surface area contributed by atoms with Gasteiger partial charge in [0, 0.05) is 17.2 Å². The first-order valence-electron chi connectivity index (χ1n) is 6.03. The molecule has 1 rings (SSSR count). The highest BCUT2D eigenvalue weighted by atomic mass is 35.5. The van der Waals surface area contributed by atoms with E-state index >= 15 is 0 Å². The second kappa shape index (κ2) is 8.49. The quantitative estimate of drug-likeness (QED) is 0.355. The van der Waals surface area contributed by atoms with Gasteiger partial charge in [0.15, 0.2) is 0 Å². The molecule has 0 atom stereocenters. The van der Waals surface area contributed by atoms with Gasteiger partial charge in [-0.05, 0) is 38.1 Å². The summed E-state index contributed by atoms with van der Waals surface area (Å²) in [5.74, 6) is -1.21. The SMILES string of the molecule is CC(C)=CCOC(=O)/C=C/C(=O)Oc1ccc(Cl)cc1Cl. The van der Waals surface area contributed by atoms with Crippen molar-refractivity contribution in [3.05, 3.63) is 52.0 Å². The van der Waals surface area contributed by atoms with Crippen molar-refractivity contribution >= 4 is 35.1 Å². The van der Waals surface area contributed by atoms with E-state index in [4.69, 9.17) is 32.7 Å². The molecule has 1 aromatic carbocycles. The number of hydrogen-bond acceptors (Lipinski definition) is 4. The number of allylic oxidation sites excluding steroid dienone is 1. The molecule has 0 bridgehead atoms. The predicted octanol–water partition coefficient (Wildman–Crippen LogP) is 3.96. The molecule has 0 aliphatic carbocycles. The lowest BCUT2D eigenvalue weighted by atomic mass is 10.3. The van der Waals surface area contributed by atoms with Crippen LogP contribution in [0.3, 0.4) is 0 Å². The van der Waals surface area contributed by atoms with Crippen molar-refractivity contribution in [2.75, 3.05) is 6.61 Å². The van der Waals surface area contributed by atoms with Gasteiger partial charge in [0.25, 0.3) is 0 Å². The van der Waals surface area contributed by atoms with Crippen LogP contribution < -0.4 is 4.74 Å². The highest BCUT2D eigenvalue weighted by Gasteiger charge is 2.07. The number of carbonyl (C=O) groups is 2. The normalized spacial score (nSPS) is 10.3. The Balaban J connectivity index is 2.51. The Kier molecular flexibility index (Phi) is 6.99. The van der Waals surface area contributed by atoms with Crippen LogP contribution >= 0.6 is 23.2 Å². The average Bonchev–Trinajstić information content (AvgIpc) is 2.39. The number of esters is 2. The van der Waals surface area contributed by atoms with E-state index in [-0.39, 0.29) is 17.4 Å². The van der Waals surface area contributed by atoms with E-state index in [0.717, 1.165) is 17.7 Å². The third-order valence-corrected chi connectivity index (χ3v) is 2.71. The summed E-state index contributed by atoms with van der Waals surface area (Å²) >= 11 is 11.6. The van der Waals surface area contributed by atoms with Crippen molar-refractivity contribution in [2.45, 2.75) is 13.8 Å². The fourth-order valence-corrected chi connectivity index (χ4v) is 1.62. The van der Waals surface area contributed by atoms with Gasteiger partial charge in [0.1, 0.15) is 12.4 Å². The summed E-state index contributed by atoms with van der Waals surface area (Å²) in [5, 5.41) is 0.633. The number of rotatable bonds is 5. The third-order valence-electron chi connectivity index (χ3n) is 2.18. The van der Waals surface area contributed by atoms with Gasteiger partial charge in [-0.3, -0.25) is 0 Å². The molecule has 112 valence electrons. The summed E-state index contributed by atoms with van der Waals surface area (Å²) in [6.07, 6.45) is 3.71. The summed E-state index contributed by atoms with van der Waals surface area (Å²) < 4.78 is 9.80. The third kappa shape index (κ3) is 6.97. The molecule has 0 saturated carbocycles. The number of benzene rings is 1.